The molecule has 0 atom stereocenters. The van der Waals surface area contributed by atoms with E-state index in [1.165, 1.54) is 12.1 Å². The Labute approximate surface area is 132 Å². The van der Waals surface area contributed by atoms with Gasteiger partial charge in [-0.15, -0.1) is 0 Å². The molecular formula is C17H14N2O4. The van der Waals surface area contributed by atoms with Crippen LogP contribution in [-0.4, -0.2) is 21.2 Å². The summed E-state index contributed by atoms with van der Waals surface area (Å²) in [6.07, 6.45) is 0. The highest BCUT2D eigenvalue weighted by atomic mass is 16.5. The van der Waals surface area contributed by atoms with Crippen LogP contribution in [0.3, 0.4) is 0 Å². The molecule has 1 N–H and O–H groups in total. The number of carboxylic acids is 1. The summed E-state index contributed by atoms with van der Waals surface area (Å²) in [5, 5.41) is 12.8. The lowest BCUT2D eigenvalue weighted by molar-refractivity contribution is 0.0697. The van der Waals surface area contributed by atoms with Crippen molar-refractivity contribution in [2.24, 2.45) is 0 Å². The van der Waals surface area contributed by atoms with Crippen molar-refractivity contribution in [3.05, 3.63) is 65.5 Å². The quantitative estimate of drug-likeness (QED) is 0.778. The van der Waals surface area contributed by atoms with Crippen molar-refractivity contribution in [1.82, 2.24) is 10.1 Å². The van der Waals surface area contributed by atoms with Crippen molar-refractivity contribution in [2.75, 3.05) is 0 Å². The summed E-state index contributed by atoms with van der Waals surface area (Å²) in [4.78, 5) is 15.1. The highest BCUT2D eigenvalue weighted by Gasteiger charge is 2.10. The van der Waals surface area contributed by atoms with Crippen LogP contribution in [0.25, 0.3) is 11.4 Å². The normalized spacial score (nSPS) is 10.5. The summed E-state index contributed by atoms with van der Waals surface area (Å²) < 4.78 is 10.7. The van der Waals surface area contributed by atoms with Gasteiger partial charge in [-0.05, 0) is 36.8 Å². The molecule has 3 aromatic rings. The molecule has 6 nitrogen and oxygen atoms in total. The van der Waals surface area contributed by atoms with Gasteiger partial charge in [-0.3, -0.25) is 0 Å². The van der Waals surface area contributed by atoms with Gasteiger partial charge in [0.1, 0.15) is 5.75 Å². The number of carboxylic acid groups (broad SMARTS) is 1. The van der Waals surface area contributed by atoms with E-state index < -0.39 is 5.97 Å². The van der Waals surface area contributed by atoms with E-state index >= 15 is 0 Å². The van der Waals surface area contributed by atoms with Crippen LogP contribution in [0.1, 0.15) is 21.8 Å². The van der Waals surface area contributed by atoms with E-state index in [9.17, 15) is 4.79 Å². The smallest absolute Gasteiger partial charge is 0.335 e. The largest absolute Gasteiger partial charge is 0.484 e. The topological polar surface area (TPSA) is 85.5 Å². The van der Waals surface area contributed by atoms with Crippen molar-refractivity contribution in [2.45, 2.75) is 13.5 Å². The minimum Gasteiger partial charge on any atom is -0.484 e. The Morgan fingerprint density at radius 1 is 1.22 bits per heavy atom. The first-order valence-electron chi connectivity index (χ1n) is 6.97. The van der Waals surface area contributed by atoms with E-state index in [0.717, 1.165) is 11.3 Å². The number of aromatic carboxylic acids is 1. The molecule has 116 valence electrons. The summed E-state index contributed by atoms with van der Waals surface area (Å²) in [6.45, 7) is 2.15. The summed E-state index contributed by atoms with van der Waals surface area (Å²) in [5.74, 6) is 0.501. The van der Waals surface area contributed by atoms with Crippen LogP contribution in [0.5, 0.6) is 5.75 Å². The van der Waals surface area contributed by atoms with Crippen molar-refractivity contribution in [3.63, 3.8) is 0 Å². The number of hydrogen-bond acceptors (Lipinski definition) is 5. The van der Waals surface area contributed by atoms with Crippen molar-refractivity contribution in [3.8, 4) is 17.1 Å². The molecule has 0 spiro atoms. The molecule has 2 aromatic carbocycles. The average molecular weight is 310 g/mol. The van der Waals surface area contributed by atoms with Gasteiger partial charge in [0.2, 0.25) is 5.82 Å². The maximum atomic E-state index is 10.8. The number of nitrogens with zero attached hydrogens (tertiary/aromatic N) is 2. The molecule has 0 unspecified atom stereocenters. The molecule has 3 rings (SSSR count). The van der Waals surface area contributed by atoms with Crippen LogP contribution in [-0.2, 0) is 6.61 Å². The first-order valence-corrected chi connectivity index (χ1v) is 6.97. The molecule has 0 amide bonds. The summed E-state index contributed by atoms with van der Waals surface area (Å²) >= 11 is 0. The van der Waals surface area contributed by atoms with Gasteiger partial charge in [0.05, 0.1) is 5.56 Å². The lowest BCUT2D eigenvalue weighted by Crippen LogP contribution is -1.96. The van der Waals surface area contributed by atoms with E-state index in [-0.39, 0.29) is 12.2 Å². The predicted octanol–water partition coefficient (Wildman–Crippen LogP) is 3.32. The number of carbonyl (C=O) groups is 1. The van der Waals surface area contributed by atoms with Crippen molar-refractivity contribution in [1.29, 1.82) is 0 Å². The van der Waals surface area contributed by atoms with E-state index in [1.54, 1.807) is 12.1 Å². The van der Waals surface area contributed by atoms with Gasteiger partial charge in [0.25, 0.3) is 5.89 Å². The monoisotopic (exact) mass is 310 g/mol. The molecular weight excluding hydrogens is 296 g/mol. The number of hydrogen-bond donors (Lipinski definition) is 1. The average Bonchev–Trinajstić information content (AvgIpc) is 3.02. The lowest BCUT2D eigenvalue weighted by Gasteiger charge is -2.03. The molecule has 0 bridgehead atoms. The van der Waals surface area contributed by atoms with E-state index in [1.807, 2.05) is 31.2 Å². The molecule has 23 heavy (non-hydrogen) atoms. The number of rotatable bonds is 5. The summed E-state index contributed by atoms with van der Waals surface area (Å²) in [5.41, 5.74) is 1.99. The second-order valence-corrected chi connectivity index (χ2v) is 5.00. The van der Waals surface area contributed by atoms with Gasteiger partial charge in [0.15, 0.2) is 6.61 Å². The first-order chi connectivity index (χ1) is 11.1. The second-order valence-electron chi connectivity index (χ2n) is 5.00. The van der Waals surface area contributed by atoms with Gasteiger partial charge in [-0.1, -0.05) is 29.4 Å². The second kappa shape index (κ2) is 6.31. The molecule has 1 heterocycles. The maximum Gasteiger partial charge on any atom is 0.335 e. The molecule has 0 fully saturated rings. The summed E-state index contributed by atoms with van der Waals surface area (Å²) in [7, 11) is 0. The van der Waals surface area contributed by atoms with Crippen LogP contribution in [0.2, 0.25) is 0 Å². The Morgan fingerprint density at radius 3 is 2.70 bits per heavy atom. The summed E-state index contributed by atoms with van der Waals surface area (Å²) in [6, 6.07) is 13.9. The Kier molecular flexibility index (Phi) is 4.05. The zero-order valence-corrected chi connectivity index (χ0v) is 12.4. The molecule has 1 aromatic heterocycles. The van der Waals surface area contributed by atoms with Crippen LogP contribution in [0.4, 0.5) is 0 Å². The Balaban J connectivity index is 1.69. The standard InChI is InChI=1S/C17H14N2O4/c1-11-3-2-4-14(9-11)22-10-15-18-16(19-23-15)12-5-7-13(8-6-12)17(20)21/h2-9H,10H2,1H3,(H,20,21). The third-order valence-electron chi connectivity index (χ3n) is 3.21. The molecule has 6 heteroatoms. The van der Waals surface area contributed by atoms with Crippen LogP contribution in [0.15, 0.2) is 53.1 Å². The lowest BCUT2D eigenvalue weighted by atomic mass is 10.1. The van der Waals surface area contributed by atoms with Crippen LogP contribution < -0.4 is 4.74 Å². The third kappa shape index (κ3) is 3.55. The van der Waals surface area contributed by atoms with Gasteiger partial charge in [-0.2, -0.15) is 4.98 Å². The van der Waals surface area contributed by atoms with Crippen molar-refractivity contribution < 1.29 is 19.2 Å². The van der Waals surface area contributed by atoms with E-state index in [2.05, 4.69) is 10.1 Å². The predicted molar refractivity (Wildman–Crippen MR) is 82.2 cm³/mol. The fraction of sp³-hybridized carbons (Fsp3) is 0.118. The van der Waals surface area contributed by atoms with E-state index in [4.69, 9.17) is 14.4 Å². The Morgan fingerprint density at radius 2 is 2.00 bits per heavy atom. The molecule has 0 saturated carbocycles. The number of ether oxygens (including phenoxy) is 1. The van der Waals surface area contributed by atoms with Gasteiger partial charge in [0, 0.05) is 5.56 Å². The molecule has 0 radical (unpaired) electrons. The molecule has 0 aliphatic heterocycles. The van der Waals surface area contributed by atoms with Gasteiger partial charge < -0.3 is 14.4 Å². The Bertz CT molecular complexity index is 825. The van der Waals surface area contributed by atoms with Crippen molar-refractivity contribution >= 4 is 5.97 Å². The third-order valence-corrected chi connectivity index (χ3v) is 3.21. The molecule has 0 aliphatic rings. The number of benzene rings is 2. The molecule has 0 saturated heterocycles. The van der Waals surface area contributed by atoms with Crippen LogP contribution >= 0.6 is 0 Å². The zero-order valence-electron chi connectivity index (χ0n) is 12.4. The SMILES string of the molecule is Cc1cccc(OCc2nc(-c3ccc(C(=O)O)cc3)no2)c1. The zero-order chi connectivity index (χ0) is 16.2. The number of aryl methyl sites for hydroxylation is 1. The molecule has 0 aliphatic carbocycles. The highest BCUT2D eigenvalue weighted by Crippen LogP contribution is 2.18. The minimum atomic E-state index is -0.975. The first kappa shape index (κ1) is 14.8. The number of aromatic nitrogens is 2. The highest BCUT2D eigenvalue weighted by molar-refractivity contribution is 5.88. The Hall–Kier alpha value is -3.15. The van der Waals surface area contributed by atoms with Crippen LogP contribution in [0, 0.1) is 6.92 Å². The van der Waals surface area contributed by atoms with Gasteiger partial charge in [-0.25, -0.2) is 4.79 Å². The van der Waals surface area contributed by atoms with E-state index in [0.29, 0.717) is 17.3 Å². The maximum absolute atomic E-state index is 10.8. The van der Waals surface area contributed by atoms with Gasteiger partial charge >= 0.3 is 5.97 Å². The fourth-order valence-electron chi connectivity index (χ4n) is 2.04. The fourth-order valence-corrected chi connectivity index (χ4v) is 2.04. The minimum absolute atomic E-state index is 0.170.